The molecule has 0 spiro atoms. The predicted octanol–water partition coefficient (Wildman–Crippen LogP) is 1.63. The highest BCUT2D eigenvalue weighted by atomic mass is 35.5. The maximum Gasteiger partial charge on any atom is 0.271 e. The van der Waals surface area contributed by atoms with E-state index >= 15 is 0 Å². The van der Waals surface area contributed by atoms with Crippen LogP contribution < -0.4 is 5.32 Å². The molecule has 0 aromatic heterocycles. The second-order valence-corrected chi connectivity index (χ2v) is 7.91. The second-order valence-electron chi connectivity index (χ2n) is 5.89. The van der Waals surface area contributed by atoms with Gasteiger partial charge in [0.05, 0.1) is 9.82 Å². The molecule has 8 nitrogen and oxygen atoms in total. The second kappa shape index (κ2) is 8.59. The molecule has 1 atom stereocenters. The minimum Gasteiger partial charge on any atom is -0.334 e. The van der Waals surface area contributed by atoms with Crippen molar-refractivity contribution in [2.45, 2.75) is 30.7 Å². The minimum absolute atomic E-state index is 0. The molecule has 10 heteroatoms. The average Bonchev–Trinajstić information content (AvgIpc) is 3.04. The molecule has 140 valence electrons. The lowest BCUT2D eigenvalue weighted by atomic mass is 10.1. The number of nitro benzene ring substituents is 1. The van der Waals surface area contributed by atoms with Gasteiger partial charge in [-0.2, -0.15) is 0 Å². The molecule has 25 heavy (non-hydrogen) atoms. The fourth-order valence-corrected chi connectivity index (χ4v) is 3.46. The Bertz CT molecular complexity index is 748. The zero-order chi connectivity index (χ0) is 17.9. The van der Waals surface area contributed by atoms with Gasteiger partial charge in [-0.25, -0.2) is 8.42 Å². The third kappa shape index (κ3) is 5.13. The van der Waals surface area contributed by atoms with Gasteiger partial charge in [-0.3, -0.25) is 14.9 Å². The summed E-state index contributed by atoms with van der Waals surface area (Å²) in [4.78, 5) is 24.7. The molecule has 1 fully saturated rings. The Balaban J connectivity index is 0.00000312. The monoisotopic (exact) mass is 391 g/mol. The van der Waals surface area contributed by atoms with Crippen LogP contribution in [0.2, 0.25) is 0 Å². The third-order valence-electron chi connectivity index (χ3n) is 3.98. The number of amides is 1. The number of rotatable bonds is 6. The highest BCUT2D eigenvalue weighted by Crippen LogP contribution is 2.23. The third-order valence-corrected chi connectivity index (χ3v) is 5.07. The Labute approximate surface area is 153 Å². The average molecular weight is 392 g/mol. The van der Waals surface area contributed by atoms with Crippen LogP contribution >= 0.6 is 12.4 Å². The number of nitro groups is 1. The van der Waals surface area contributed by atoms with Crippen LogP contribution in [0.5, 0.6) is 0 Å². The molecule has 1 unspecified atom stereocenters. The molecule has 1 heterocycles. The van der Waals surface area contributed by atoms with Crippen molar-refractivity contribution < 1.29 is 18.1 Å². The highest BCUT2D eigenvalue weighted by Gasteiger charge is 2.28. The number of hydrogen-bond donors (Lipinski definition) is 1. The lowest BCUT2D eigenvalue weighted by Gasteiger charge is -2.28. The van der Waals surface area contributed by atoms with Crippen molar-refractivity contribution in [2.24, 2.45) is 0 Å². The van der Waals surface area contributed by atoms with Crippen molar-refractivity contribution in [2.75, 3.05) is 25.9 Å². The molecule has 1 amide bonds. The topological polar surface area (TPSA) is 110 Å². The van der Waals surface area contributed by atoms with Gasteiger partial charge in [0.2, 0.25) is 0 Å². The van der Waals surface area contributed by atoms with Crippen molar-refractivity contribution in [3.63, 3.8) is 0 Å². The number of nitrogens with zero attached hydrogens (tertiary/aromatic N) is 2. The summed E-state index contributed by atoms with van der Waals surface area (Å²) in [6.45, 7) is 3.93. The van der Waals surface area contributed by atoms with Crippen LogP contribution in [0.1, 0.15) is 30.1 Å². The molecule has 0 bridgehead atoms. The quantitative estimate of drug-likeness (QED) is 0.583. The van der Waals surface area contributed by atoms with Crippen molar-refractivity contribution in [3.05, 3.63) is 33.9 Å². The number of non-ortho nitro benzene ring substituents is 1. The summed E-state index contributed by atoms with van der Waals surface area (Å²) in [7, 11) is -3.66. The number of sulfone groups is 1. The molecular weight excluding hydrogens is 370 g/mol. The van der Waals surface area contributed by atoms with Gasteiger partial charge in [0.25, 0.3) is 11.6 Å². The maximum absolute atomic E-state index is 12.9. The van der Waals surface area contributed by atoms with Crippen LogP contribution in [-0.2, 0) is 9.84 Å². The first-order chi connectivity index (χ1) is 11.2. The lowest BCUT2D eigenvalue weighted by Crippen LogP contribution is -2.42. The van der Waals surface area contributed by atoms with E-state index in [2.05, 4.69) is 5.32 Å². The van der Waals surface area contributed by atoms with Crippen molar-refractivity contribution in [1.82, 2.24) is 10.2 Å². The van der Waals surface area contributed by atoms with Gasteiger partial charge in [0.15, 0.2) is 9.84 Å². The van der Waals surface area contributed by atoms with E-state index in [0.717, 1.165) is 37.8 Å². The van der Waals surface area contributed by atoms with E-state index in [1.807, 2.05) is 6.92 Å². The minimum atomic E-state index is -3.66. The SMILES string of the molecule is CCCN(C(=O)c1cc([N+](=O)[O-])cc(S(C)(=O)=O)c1)C1CCNC1.Cl. The molecule has 1 aromatic rings. The Morgan fingerprint density at radius 1 is 1.40 bits per heavy atom. The maximum atomic E-state index is 12.9. The molecule has 1 aromatic carbocycles. The van der Waals surface area contributed by atoms with Gasteiger partial charge in [-0.15, -0.1) is 12.4 Å². The van der Waals surface area contributed by atoms with Crippen LogP contribution in [0.15, 0.2) is 23.1 Å². The fourth-order valence-electron chi connectivity index (χ4n) is 2.79. The van der Waals surface area contributed by atoms with E-state index in [-0.39, 0.29) is 34.8 Å². The van der Waals surface area contributed by atoms with Gasteiger partial charge in [-0.05, 0) is 25.5 Å². The highest BCUT2D eigenvalue weighted by molar-refractivity contribution is 7.90. The zero-order valence-corrected chi connectivity index (χ0v) is 15.7. The van der Waals surface area contributed by atoms with E-state index in [0.29, 0.717) is 13.1 Å². The number of hydrogen-bond acceptors (Lipinski definition) is 6. The molecule has 0 radical (unpaired) electrons. The van der Waals surface area contributed by atoms with E-state index < -0.39 is 20.4 Å². The van der Waals surface area contributed by atoms with Crippen LogP contribution in [0.3, 0.4) is 0 Å². The largest absolute Gasteiger partial charge is 0.334 e. The molecular formula is C15H22ClN3O5S. The van der Waals surface area contributed by atoms with Crippen LogP contribution in [0.25, 0.3) is 0 Å². The van der Waals surface area contributed by atoms with E-state index in [4.69, 9.17) is 0 Å². The molecule has 1 aliphatic heterocycles. The standard InChI is InChI=1S/C15H21N3O5S.ClH/c1-3-6-17(12-4-5-16-10-12)15(19)11-7-13(18(20)21)9-14(8-11)24(2,22)23;/h7-9,12,16H,3-6,10H2,1-2H3;1H. The smallest absolute Gasteiger partial charge is 0.271 e. The summed E-state index contributed by atoms with van der Waals surface area (Å²) < 4.78 is 23.6. The molecule has 1 aliphatic rings. The molecule has 2 rings (SSSR count). The van der Waals surface area contributed by atoms with Crippen LogP contribution in [-0.4, -0.2) is 56.1 Å². The summed E-state index contributed by atoms with van der Waals surface area (Å²) >= 11 is 0. The Hall–Kier alpha value is -1.71. The lowest BCUT2D eigenvalue weighted by molar-refractivity contribution is -0.385. The Kier molecular flexibility index (Phi) is 7.33. The number of carbonyl (C=O) groups excluding carboxylic acids is 1. The first-order valence-electron chi connectivity index (χ1n) is 7.75. The molecule has 0 saturated carbocycles. The molecule has 1 N–H and O–H groups in total. The number of nitrogens with one attached hydrogen (secondary N) is 1. The molecule has 1 saturated heterocycles. The van der Waals surface area contributed by atoms with Crippen molar-refractivity contribution in [1.29, 1.82) is 0 Å². The summed E-state index contributed by atoms with van der Waals surface area (Å²) in [5, 5.41) is 14.3. The first kappa shape index (κ1) is 21.3. The number of benzene rings is 1. The summed E-state index contributed by atoms with van der Waals surface area (Å²) in [6.07, 6.45) is 2.51. The van der Waals surface area contributed by atoms with Gasteiger partial charge in [0.1, 0.15) is 0 Å². The Morgan fingerprint density at radius 3 is 2.56 bits per heavy atom. The van der Waals surface area contributed by atoms with E-state index in [1.165, 1.54) is 6.07 Å². The summed E-state index contributed by atoms with van der Waals surface area (Å²) in [6, 6.07) is 3.35. The zero-order valence-electron chi connectivity index (χ0n) is 14.1. The van der Waals surface area contributed by atoms with Crippen molar-refractivity contribution in [3.8, 4) is 0 Å². The predicted molar refractivity (Wildman–Crippen MR) is 96.1 cm³/mol. The van der Waals surface area contributed by atoms with E-state index in [1.54, 1.807) is 4.90 Å². The Morgan fingerprint density at radius 2 is 2.08 bits per heavy atom. The fraction of sp³-hybridized carbons (Fsp3) is 0.533. The van der Waals surface area contributed by atoms with Gasteiger partial charge in [0, 0.05) is 43.1 Å². The van der Waals surface area contributed by atoms with Crippen LogP contribution in [0, 0.1) is 10.1 Å². The summed E-state index contributed by atoms with van der Waals surface area (Å²) in [5.74, 6) is -0.376. The van der Waals surface area contributed by atoms with Crippen LogP contribution in [0.4, 0.5) is 5.69 Å². The van der Waals surface area contributed by atoms with Crippen molar-refractivity contribution >= 4 is 33.8 Å². The number of halogens is 1. The van der Waals surface area contributed by atoms with Gasteiger partial charge >= 0.3 is 0 Å². The molecule has 0 aliphatic carbocycles. The first-order valence-corrected chi connectivity index (χ1v) is 9.64. The van der Waals surface area contributed by atoms with Gasteiger partial charge < -0.3 is 10.2 Å². The summed E-state index contributed by atoms with van der Waals surface area (Å²) in [5.41, 5.74) is -0.368. The number of carbonyl (C=O) groups is 1. The van der Waals surface area contributed by atoms with E-state index in [9.17, 15) is 23.3 Å². The van der Waals surface area contributed by atoms with Gasteiger partial charge in [-0.1, -0.05) is 6.92 Å². The normalized spacial score (nSPS) is 17.0.